The second kappa shape index (κ2) is 7.56. The summed E-state index contributed by atoms with van der Waals surface area (Å²) in [5, 5.41) is 43.0. The Balaban J connectivity index is 1.83. The Bertz CT molecular complexity index is 1160. The molecule has 0 unspecified atom stereocenters. The van der Waals surface area contributed by atoms with Crippen LogP contribution in [0.25, 0.3) is 0 Å². The van der Waals surface area contributed by atoms with E-state index >= 15 is 0 Å². The minimum Gasteiger partial charge on any atom is -0.511 e. The van der Waals surface area contributed by atoms with Gasteiger partial charge in [-0.3, -0.25) is 14.4 Å². The summed E-state index contributed by atoms with van der Waals surface area (Å²) in [6, 6.07) is 4.29. The van der Waals surface area contributed by atoms with E-state index in [1.165, 1.54) is 6.07 Å². The van der Waals surface area contributed by atoms with E-state index in [1.807, 2.05) is 6.07 Å². The molecule has 1 aromatic rings. The summed E-state index contributed by atoms with van der Waals surface area (Å²) in [5.41, 5.74) is 3.57. The Labute approximate surface area is 192 Å². The molecular weight excluding hydrogens is 442 g/mol. The number of aromatic hydroxyl groups is 1. The van der Waals surface area contributed by atoms with Gasteiger partial charge in [0.05, 0.1) is 5.56 Å². The van der Waals surface area contributed by atoms with Crippen LogP contribution < -0.4 is 5.73 Å². The summed E-state index contributed by atoms with van der Waals surface area (Å²) < 4.78 is 0. The van der Waals surface area contributed by atoms with E-state index in [2.05, 4.69) is 19.6 Å². The van der Waals surface area contributed by atoms with Crippen LogP contribution in [0.5, 0.6) is 5.75 Å². The molecule has 4 rings (SSSR count). The molecule has 0 radical (unpaired) electrons. The third-order valence-corrected chi connectivity index (χ3v) is 8.94. The highest BCUT2D eigenvalue weighted by molar-refractivity contribution is 6.76. The van der Waals surface area contributed by atoms with Gasteiger partial charge in [0.15, 0.2) is 11.4 Å². The first-order chi connectivity index (χ1) is 15.3. The van der Waals surface area contributed by atoms with Crippen LogP contribution in [-0.2, 0) is 22.4 Å². The molecule has 0 bridgehead atoms. The molecule has 3 aliphatic carbocycles. The van der Waals surface area contributed by atoms with E-state index < -0.39 is 60.1 Å². The van der Waals surface area contributed by atoms with Crippen LogP contribution in [0.2, 0.25) is 25.7 Å². The van der Waals surface area contributed by atoms with E-state index in [0.717, 1.165) is 23.6 Å². The summed E-state index contributed by atoms with van der Waals surface area (Å²) >= 11 is 0. The van der Waals surface area contributed by atoms with E-state index in [9.17, 15) is 34.8 Å². The summed E-state index contributed by atoms with van der Waals surface area (Å²) in [6.07, 6.45) is 1.04. The number of allylic oxidation sites excluding steroid dienone is 2. The Morgan fingerprint density at radius 1 is 1.15 bits per heavy atom. The van der Waals surface area contributed by atoms with Crippen molar-refractivity contribution in [3.63, 3.8) is 0 Å². The van der Waals surface area contributed by atoms with Crippen LogP contribution in [-0.4, -0.2) is 51.6 Å². The highest BCUT2D eigenvalue weighted by atomic mass is 28.3. The fraction of sp³-hybridized carbons (Fsp3) is 0.458. The molecule has 0 spiro atoms. The average Bonchev–Trinajstić information content (AvgIpc) is 2.69. The van der Waals surface area contributed by atoms with Gasteiger partial charge in [0, 0.05) is 26.0 Å². The Morgan fingerprint density at radius 2 is 1.82 bits per heavy atom. The maximum atomic E-state index is 13.5. The average molecular weight is 472 g/mol. The molecule has 3 aliphatic rings. The first-order valence-electron chi connectivity index (χ1n) is 11.1. The number of carbonyl (C=O) groups excluding carboxylic acids is 3. The van der Waals surface area contributed by atoms with Crippen molar-refractivity contribution in [1.29, 1.82) is 0 Å². The quantitative estimate of drug-likeness (QED) is 0.333. The SMILES string of the molecule is C[Si](C)(C)CCc1ccc(O)c2c1C[C@H]1C[C@H]3CC(O)=C(C(N)=O)C(=O)[C@@]3(O)C(O)=C1C2=O. The molecule has 0 aliphatic heterocycles. The molecule has 0 fully saturated rings. The van der Waals surface area contributed by atoms with E-state index in [0.29, 0.717) is 6.42 Å². The number of hydrogen-bond donors (Lipinski definition) is 5. The molecule has 3 atom stereocenters. The van der Waals surface area contributed by atoms with Gasteiger partial charge in [0.1, 0.15) is 22.8 Å². The first-order valence-corrected chi connectivity index (χ1v) is 14.8. The fourth-order valence-electron chi connectivity index (χ4n) is 5.43. The topological polar surface area (TPSA) is 158 Å². The van der Waals surface area contributed by atoms with Crippen molar-refractivity contribution in [1.82, 2.24) is 0 Å². The van der Waals surface area contributed by atoms with Crippen LogP contribution in [0.3, 0.4) is 0 Å². The Morgan fingerprint density at radius 3 is 2.42 bits per heavy atom. The minimum absolute atomic E-state index is 0.0831. The molecule has 176 valence electrons. The lowest BCUT2D eigenvalue weighted by Crippen LogP contribution is -2.57. The normalized spacial score (nSPS) is 27.3. The molecule has 1 aromatic carbocycles. The van der Waals surface area contributed by atoms with Gasteiger partial charge in [-0.1, -0.05) is 31.8 Å². The van der Waals surface area contributed by atoms with Gasteiger partial charge in [-0.05, 0) is 42.4 Å². The van der Waals surface area contributed by atoms with Crippen molar-refractivity contribution < 1.29 is 34.8 Å². The number of primary amides is 1. The van der Waals surface area contributed by atoms with Crippen LogP contribution >= 0.6 is 0 Å². The smallest absolute Gasteiger partial charge is 0.255 e. The summed E-state index contributed by atoms with van der Waals surface area (Å²) in [6.45, 7) is 6.77. The number of rotatable bonds is 4. The number of aliphatic hydroxyl groups excluding tert-OH is 2. The zero-order valence-corrected chi connectivity index (χ0v) is 19.9. The van der Waals surface area contributed by atoms with E-state index in [-0.39, 0.29) is 29.7 Å². The number of phenolic OH excluding ortho intramolecular Hbond substituents is 1. The number of ketones is 2. The third kappa shape index (κ3) is 3.50. The molecule has 0 heterocycles. The van der Waals surface area contributed by atoms with Gasteiger partial charge < -0.3 is 26.2 Å². The molecule has 0 saturated heterocycles. The van der Waals surface area contributed by atoms with Crippen LogP contribution in [0, 0.1) is 11.8 Å². The van der Waals surface area contributed by atoms with Crippen molar-refractivity contribution in [2.45, 2.75) is 57.0 Å². The zero-order chi connectivity index (χ0) is 24.5. The fourth-order valence-corrected chi connectivity index (χ4v) is 6.45. The number of nitrogens with two attached hydrogens (primary N) is 1. The summed E-state index contributed by atoms with van der Waals surface area (Å²) in [4.78, 5) is 38.1. The van der Waals surface area contributed by atoms with Gasteiger partial charge in [-0.25, -0.2) is 0 Å². The monoisotopic (exact) mass is 471 g/mol. The van der Waals surface area contributed by atoms with Gasteiger partial charge in [-0.15, -0.1) is 0 Å². The number of hydrogen-bond acceptors (Lipinski definition) is 7. The van der Waals surface area contributed by atoms with Crippen molar-refractivity contribution in [2.75, 3.05) is 0 Å². The number of aryl methyl sites for hydroxylation is 1. The Kier molecular flexibility index (Phi) is 5.33. The lowest BCUT2D eigenvalue weighted by molar-refractivity contribution is -0.144. The maximum Gasteiger partial charge on any atom is 0.255 e. The molecular formula is C24H29NO7Si. The predicted molar refractivity (Wildman–Crippen MR) is 123 cm³/mol. The van der Waals surface area contributed by atoms with Crippen molar-refractivity contribution in [3.8, 4) is 5.75 Å². The molecule has 9 heteroatoms. The summed E-state index contributed by atoms with van der Waals surface area (Å²) in [7, 11) is -1.36. The molecule has 0 aromatic heterocycles. The van der Waals surface area contributed by atoms with E-state index in [1.54, 1.807) is 0 Å². The maximum absolute atomic E-state index is 13.5. The largest absolute Gasteiger partial charge is 0.511 e. The number of benzene rings is 1. The number of phenols is 1. The summed E-state index contributed by atoms with van der Waals surface area (Å²) in [5.74, 6) is -6.03. The highest BCUT2D eigenvalue weighted by Crippen LogP contribution is 2.51. The third-order valence-electron chi connectivity index (χ3n) is 7.19. The first kappa shape index (κ1) is 23.3. The van der Waals surface area contributed by atoms with E-state index in [4.69, 9.17) is 5.73 Å². The molecule has 0 saturated carbocycles. The highest BCUT2D eigenvalue weighted by Gasteiger charge is 2.59. The minimum atomic E-state index is -2.53. The number of Topliss-reactive ketones (excluding diaryl/α,β-unsaturated/α-hetero) is 2. The lowest BCUT2D eigenvalue weighted by Gasteiger charge is -2.45. The number of amides is 1. The predicted octanol–water partition coefficient (Wildman–Crippen LogP) is 2.46. The second-order valence-electron chi connectivity index (χ2n) is 10.6. The zero-order valence-electron chi connectivity index (χ0n) is 18.9. The molecule has 6 N–H and O–H groups in total. The Hall–Kier alpha value is -2.91. The van der Waals surface area contributed by atoms with Crippen molar-refractivity contribution in [3.05, 3.63) is 51.5 Å². The molecule has 8 nitrogen and oxygen atoms in total. The lowest BCUT2D eigenvalue weighted by atomic mass is 9.60. The van der Waals surface area contributed by atoms with Crippen molar-refractivity contribution in [2.24, 2.45) is 17.6 Å². The number of fused-ring (bicyclic) bond motifs is 3. The molecule has 33 heavy (non-hydrogen) atoms. The van der Waals surface area contributed by atoms with Gasteiger partial charge in [0.2, 0.25) is 5.78 Å². The second-order valence-corrected chi connectivity index (χ2v) is 16.2. The van der Waals surface area contributed by atoms with Crippen LogP contribution in [0.15, 0.2) is 34.8 Å². The van der Waals surface area contributed by atoms with Crippen LogP contribution in [0.4, 0.5) is 0 Å². The number of aliphatic hydroxyl groups is 3. The van der Waals surface area contributed by atoms with Gasteiger partial charge in [0.25, 0.3) is 5.91 Å². The molecule has 1 amide bonds. The van der Waals surface area contributed by atoms with Gasteiger partial charge >= 0.3 is 0 Å². The van der Waals surface area contributed by atoms with Crippen molar-refractivity contribution >= 4 is 25.5 Å². The standard InChI is InChI=1S/C24H29NO7Si/c1-33(2,3)7-6-11-4-5-15(26)18-14(11)9-12-8-13-10-16(27)19(23(25)31)22(30)24(13,32)21(29)17(12)20(18)28/h4-5,12-13,26-27,29,32H,6-10H2,1-3H3,(H2,25,31)/t12-,13+,24+/m1/s1. The van der Waals surface area contributed by atoms with Gasteiger partial charge in [-0.2, -0.15) is 0 Å². The number of carbonyl (C=O) groups is 3. The van der Waals surface area contributed by atoms with Crippen LogP contribution in [0.1, 0.15) is 34.3 Å².